The molecule has 1 unspecified atom stereocenters. The van der Waals surface area contributed by atoms with Crippen LogP contribution >= 0.6 is 22.7 Å². The SMILES string of the molecule is Cc1csc(C(=O)N2CCCC(c3ncc(C)s3)C2)c1. The fraction of sp³-hybridized carbons (Fsp3) is 0.467. The van der Waals surface area contributed by atoms with Crippen molar-refractivity contribution in [2.45, 2.75) is 32.6 Å². The van der Waals surface area contributed by atoms with Gasteiger partial charge in [-0.15, -0.1) is 22.7 Å². The Morgan fingerprint density at radius 1 is 1.45 bits per heavy atom. The zero-order valence-electron chi connectivity index (χ0n) is 11.8. The van der Waals surface area contributed by atoms with Crippen LogP contribution in [-0.4, -0.2) is 28.9 Å². The number of aromatic nitrogens is 1. The number of thiophene rings is 1. The van der Waals surface area contributed by atoms with Gasteiger partial charge in [-0.2, -0.15) is 0 Å². The molecule has 106 valence electrons. The van der Waals surface area contributed by atoms with E-state index < -0.39 is 0 Å². The number of piperidine rings is 1. The maximum atomic E-state index is 12.5. The fourth-order valence-corrected chi connectivity index (χ4v) is 4.39. The summed E-state index contributed by atoms with van der Waals surface area (Å²) in [6.45, 7) is 5.80. The minimum absolute atomic E-state index is 0.182. The van der Waals surface area contributed by atoms with Gasteiger partial charge in [0.25, 0.3) is 5.91 Å². The van der Waals surface area contributed by atoms with Gasteiger partial charge in [0.1, 0.15) is 0 Å². The summed E-state index contributed by atoms with van der Waals surface area (Å²) in [4.78, 5) is 21.1. The molecule has 0 aliphatic carbocycles. The van der Waals surface area contributed by atoms with Crippen LogP contribution in [0.4, 0.5) is 0 Å². The van der Waals surface area contributed by atoms with Crippen molar-refractivity contribution in [2.24, 2.45) is 0 Å². The first-order chi connectivity index (χ1) is 9.63. The van der Waals surface area contributed by atoms with Crippen LogP contribution in [0.5, 0.6) is 0 Å². The van der Waals surface area contributed by atoms with Crippen LogP contribution in [-0.2, 0) is 0 Å². The van der Waals surface area contributed by atoms with Crippen molar-refractivity contribution in [3.63, 3.8) is 0 Å². The number of thiazole rings is 1. The Morgan fingerprint density at radius 2 is 2.30 bits per heavy atom. The average molecular weight is 306 g/mol. The van der Waals surface area contributed by atoms with Gasteiger partial charge in [-0.1, -0.05) is 0 Å². The molecule has 0 spiro atoms. The van der Waals surface area contributed by atoms with Gasteiger partial charge in [-0.25, -0.2) is 4.98 Å². The van der Waals surface area contributed by atoms with Gasteiger partial charge >= 0.3 is 0 Å². The van der Waals surface area contributed by atoms with Crippen LogP contribution in [0.25, 0.3) is 0 Å². The second-order valence-corrected chi connectivity index (χ2v) is 7.57. The number of hydrogen-bond acceptors (Lipinski definition) is 4. The van der Waals surface area contributed by atoms with Crippen LogP contribution in [0.1, 0.15) is 43.9 Å². The van der Waals surface area contributed by atoms with Gasteiger partial charge < -0.3 is 4.90 Å². The molecule has 2 aromatic heterocycles. The van der Waals surface area contributed by atoms with E-state index in [0.29, 0.717) is 5.92 Å². The highest BCUT2D eigenvalue weighted by Crippen LogP contribution is 2.30. The molecule has 1 fully saturated rings. The molecule has 3 rings (SSSR count). The Balaban J connectivity index is 1.73. The summed E-state index contributed by atoms with van der Waals surface area (Å²) in [6, 6.07) is 1.99. The highest BCUT2D eigenvalue weighted by atomic mass is 32.1. The summed E-state index contributed by atoms with van der Waals surface area (Å²) in [6.07, 6.45) is 4.14. The quantitative estimate of drug-likeness (QED) is 0.844. The largest absolute Gasteiger partial charge is 0.337 e. The Bertz CT molecular complexity index is 617. The lowest BCUT2D eigenvalue weighted by molar-refractivity contribution is 0.0712. The standard InChI is InChI=1S/C15H18N2OS2/c1-10-6-13(19-9-10)15(18)17-5-3-4-12(8-17)14-16-7-11(2)20-14/h6-7,9,12H,3-5,8H2,1-2H3. The maximum absolute atomic E-state index is 12.5. The fourth-order valence-electron chi connectivity index (χ4n) is 2.62. The van der Waals surface area contributed by atoms with E-state index in [2.05, 4.69) is 11.9 Å². The van der Waals surface area contributed by atoms with Crippen LogP contribution in [0.15, 0.2) is 17.6 Å². The molecule has 20 heavy (non-hydrogen) atoms. The lowest BCUT2D eigenvalue weighted by Gasteiger charge is -2.31. The third kappa shape index (κ3) is 2.79. The molecule has 1 aliphatic rings. The van der Waals surface area contributed by atoms with Crippen molar-refractivity contribution >= 4 is 28.6 Å². The first-order valence-electron chi connectivity index (χ1n) is 6.90. The molecule has 3 heterocycles. The number of likely N-dealkylation sites (tertiary alicyclic amines) is 1. The van der Waals surface area contributed by atoms with Crippen molar-refractivity contribution in [2.75, 3.05) is 13.1 Å². The molecule has 1 aliphatic heterocycles. The minimum Gasteiger partial charge on any atom is -0.337 e. The molecule has 1 atom stereocenters. The van der Waals surface area contributed by atoms with Crippen LogP contribution in [0.3, 0.4) is 0 Å². The molecule has 0 bridgehead atoms. The highest BCUT2D eigenvalue weighted by molar-refractivity contribution is 7.12. The zero-order chi connectivity index (χ0) is 14.1. The Labute approximate surface area is 127 Å². The molecule has 0 saturated carbocycles. The Hall–Kier alpha value is -1.20. The lowest BCUT2D eigenvalue weighted by atomic mass is 9.98. The normalized spacial score (nSPS) is 19.3. The summed E-state index contributed by atoms with van der Waals surface area (Å²) in [5.41, 5.74) is 1.17. The topological polar surface area (TPSA) is 33.2 Å². The van der Waals surface area contributed by atoms with Gasteiger partial charge in [0, 0.05) is 30.1 Å². The molecule has 0 aromatic carbocycles. The third-order valence-corrected chi connectivity index (χ3v) is 5.75. The van der Waals surface area contributed by atoms with Crippen molar-refractivity contribution in [3.8, 4) is 0 Å². The number of carbonyl (C=O) groups is 1. The number of rotatable bonds is 2. The van der Waals surface area contributed by atoms with Gasteiger partial charge in [0.05, 0.1) is 9.88 Å². The number of nitrogens with zero attached hydrogens (tertiary/aromatic N) is 2. The second-order valence-electron chi connectivity index (χ2n) is 5.39. The third-order valence-electron chi connectivity index (χ3n) is 3.64. The smallest absolute Gasteiger partial charge is 0.263 e. The van der Waals surface area contributed by atoms with Crippen LogP contribution in [0, 0.1) is 13.8 Å². The van der Waals surface area contributed by atoms with E-state index in [-0.39, 0.29) is 5.91 Å². The van der Waals surface area contributed by atoms with Gasteiger partial charge in [0.2, 0.25) is 0 Å². The molecular formula is C15H18N2OS2. The number of hydrogen-bond donors (Lipinski definition) is 0. The first-order valence-corrected chi connectivity index (χ1v) is 8.60. The molecule has 3 nitrogen and oxygen atoms in total. The first kappa shape index (κ1) is 13.8. The summed E-state index contributed by atoms with van der Waals surface area (Å²) < 4.78 is 0. The summed E-state index contributed by atoms with van der Waals surface area (Å²) in [5, 5.41) is 3.22. The lowest BCUT2D eigenvalue weighted by Crippen LogP contribution is -2.38. The van der Waals surface area contributed by atoms with Crippen molar-refractivity contribution in [3.05, 3.63) is 38.0 Å². The monoisotopic (exact) mass is 306 g/mol. The summed E-state index contributed by atoms with van der Waals surface area (Å²) in [5.74, 6) is 0.591. The molecule has 0 N–H and O–H groups in total. The maximum Gasteiger partial charge on any atom is 0.263 e. The second kappa shape index (κ2) is 5.66. The summed E-state index contributed by atoms with van der Waals surface area (Å²) in [7, 11) is 0. The van der Waals surface area contributed by atoms with E-state index in [4.69, 9.17) is 0 Å². The van der Waals surface area contributed by atoms with E-state index in [1.54, 1.807) is 22.7 Å². The number of amides is 1. The van der Waals surface area contributed by atoms with E-state index in [9.17, 15) is 4.79 Å². The predicted octanol–water partition coefficient (Wildman–Crippen LogP) is 3.84. The average Bonchev–Trinajstić information content (AvgIpc) is 3.07. The molecule has 0 radical (unpaired) electrons. The molecule has 1 saturated heterocycles. The van der Waals surface area contributed by atoms with E-state index in [1.165, 1.54) is 15.4 Å². The van der Waals surface area contributed by atoms with Crippen molar-refractivity contribution < 1.29 is 4.79 Å². The highest BCUT2D eigenvalue weighted by Gasteiger charge is 2.27. The molecule has 5 heteroatoms. The molecular weight excluding hydrogens is 288 g/mol. The van der Waals surface area contributed by atoms with Gasteiger partial charge in [0.15, 0.2) is 0 Å². The van der Waals surface area contributed by atoms with E-state index >= 15 is 0 Å². The number of carbonyl (C=O) groups excluding carboxylic acids is 1. The van der Waals surface area contributed by atoms with Crippen molar-refractivity contribution in [1.82, 2.24) is 9.88 Å². The minimum atomic E-state index is 0.182. The van der Waals surface area contributed by atoms with Crippen LogP contribution in [0.2, 0.25) is 0 Å². The van der Waals surface area contributed by atoms with E-state index in [1.807, 2.05) is 29.5 Å². The Morgan fingerprint density at radius 3 is 2.95 bits per heavy atom. The van der Waals surface area contributed by atoms with Crippen LogP contribution < -0.4 is 0 Å². The Kier molecular flexibility index (Phi) is 3.89. The van der Waals surface area contributed by atoms with Gasteiger partial charge in [-0.3, -0.25) is 4.79 Å². The number of aryl methyl sites for hydroxylation is 2. The zero-order valence-corrected chi connectivity index (χ0v) is 13.4. The van der Waals surface area contributed by atoms with E-state index in [0.717, 1.165) is 30.8 Å². The molecule has 2 aromatic rings. The van der Waals surface area contributed by atoms with Gasteiger partial charge in [-0.05, 0) is 43.7 Å². The van der Waals surface area contributed by atoms with Crippen molar-refractivity contribution in [1.29, 1.82) is 0 Å². The summed E-state index contributed by atoms with van der Waals surface area (Å²) >= 11 is 3.31. The molecule has 1 amide bonds. The predicted molar refractivity (Wildman–Crippen MR) is 83.8 cm³/mol.